The summed E-state index contributed by atoms with van der Waals surface area (Å²) in [6, 6.07) is 14.0. The van der Waals surface area contributed by atoms with E-state index in [0.29, 0.717) is 24.6 Å². The molecular formula is C22H23N3O4S2. The van der Waals surface area contributed by atoms with Crippen LogP contribution in [0.5, 0.6) is 0 Å². The summed E-state index contributed by atoms with van der Waals surface area (Å²) in [5.41, 5.74) is 1.24. The molecule has 31 heavy (non-hydrogen) atoms. The molecule has 2 aromatic rings. The number of hydrogen-bond acceptors (Lipinski definition) is 7. The normalized spacial score (nSPS) is 21.1. The van der Waals surface area contributed by atoms with Gasteiger partial charge in [0, 0.05) is 31.1 Å². The van der Waals surface area contributed by atoms with E-state index in [1.165, 1.54) is 16.9 Å². The maximum Gasteiger partial charge on any atom is 0.294 e. The Balaban J connectivity index is 1.25. The molecule has 3 heterocycles. The zero-order valence-corrected chi connectivity index (χ0v) is 18.5. The predicted octanol–water partition coefficient (Wildman–Crippen LogP) is 2.80. The van der Waals surface area contributed by atoms with E-state index in [4.69, 9.17) is 4.74 Å². The number of thioether (sulfide) groups is 1. The zero-order valence-electron chi connectivity index (χ0n) is 16.9. The van der Waals surface area contributed by atoms with Gasteiger partial charge in [0.25, 0.3) is 11.1 Å². The number of imide groups is 1. The van der Waals surface area contributed by atoms with Crippen molar-refractivity contribution in [3.8, 4) is 0 Å². The van der Waals surface area contributed by atoms with Crippen molar-refractivity contribution in [1.29, 1.82) is 0 Å². The number of nitrogens with one attached hydrogen (secondary N) is 1. The quantitative estimate of drug-likeness (QED) is 0.644. The molecule has 7 nitrogen and oxygen atoms in total. The van der Waals surface area contributed by atoms with E-state index in [1.54, 1.807) is 6.08 Å². The fraction of sp³-hybridized carbons (Fsp3) is 0.318. The number of nitrogens with zero attached hydrogens (tertiary/aromatic N) is 2. The number of hydrogen-bond donors (Lipinski definition) is 1. The molecule has 1 atom stereocenters. The van der Waals surface area contributed by atoms with Crippen molar-refractivity contribution in [3.05, 3.63) is 63.2 Å². The third kappa shape index (κ3) is 5.82. The largest absolute Gasteiger partial charge is 0.374 e. The van der Waals surface area contributed by atoms with Crippen LogP contribution in [-0.4, -0.2) is 65.7 Å². The summed E-state index contributed by atoms with van der Waals surface area (Å²) in [5, 5.41) is 4.28. The molecule has 2 aliphatic rings. The highest BCUT2D eigenvalue weighted by molar-refractivity contribution is 8.18. The molecule has 4 rings (SSSR count). The molecule has 0 aliphatic carbocycles. The van der Waals surface area contributed by atoms with Gasteiger partial charge in [-0.05, 0) is 34.8 Å². The first-order valence-electron chi connectivity index (χ1n) is 10.0. The molecule has 2 aliphatic heterocycles. The standard InChI is InChI=1S/C22H23N3O4S2/c26-20(15-25-21(27)19(31-22(25)28)11-18-7-4-10-30-18)23-12-17-14-24(8-9-29-17)13-16-5-2-1-3-6-16/h1-7,10-11,17H,8-9,12-15H2,(H,23,26)/b19-11-. The summed E-state index contributed by atoms with van der Waals surface area (Å²) in [6.07, 6.45) is 1.56. The summed E-state index contributed by atoms with van der Waals surface area (Å²) in [7, 11) is 0. The van der Waals surface area contributed by atoms with E-state index in [-0.39, 0.29) is 18.6 Å². The molecule has 2 fully saturated rings. The average Bonchev–Trinajstić information content (AvgIpc) is 3.37. The number of carbonyl (C=O) groups is 3. The first-order chi connectivity index (χ1) is 15.1. The Hall–Kier alpha value is -2.46. The minimum atomic E-state index is -0.429. The maximum atomic E-state index is 12.5. The first kappa shape index (κ1) is 21.8. The molecule has 0 saturated carbocycles. The van der Waals surface area contributed by atoms with Gasteiger partial charge in [-0.15, -0.1) is 11.3 Å². The molecule has 0 bridgehead atoms. The van der Waals surface area contributed by atoms with Crippen molar-refractivity contribution in [1.82, 2.24) is 15.1 Å². The molecule has 1 N–H and O–H groups in total. The molecule has 3 amide bonds. The minimum Gasteiger partial charge on any atom is -0.374 e. The molecule has 0 spiro atoms. The van der Waals surface area contributed by atoms with Crippen LogP contribution in [0.4, 0.5) is 4.79 Å². The summed E-state index contributed by atoms with van der Waals surface area (Å²) >= 11 is 2.35. The predicted molar refractivity (Wildman–Crippen MR) is 121 cm³/mol. The zero-order chi connectivity index (χ0) is 21.6. The second-order valence-electron chi connectivity index (χ2n) is 7.30. The Labute approximate surface area is 189 Å². The van der Waals surface area contributed by atoms with Gasteiger partial charge in [-0.25, -0.2) is 0 Å². The fourth-order valence-electron chi connectivity index (χ4n) is 3.46. The number of benzene rings is 1. The Morgan fingerprint density at radius 3 is 2.81 bits per heavy atom. The van der Waals surface area contributed by atoms with Gasteiger partial charge in [0.05, 0.1) is 17.6 Å². The lowest BCUT2D eigenvalue weighted by atomic mass is 10.2. The number of thiophene rings is 1. The van der Waals surface area contributed by atoms with Gasteiger partial charge >= 0.3 is 0 Å². The highest BCUT2D eigenvalue weighted by Crippen LogP contribution is 2.32. The van der Waals surface area contributed by atoms with Crippen molar-refractivity contribution < 1.29 is 19.1 Å². The van der Waals surface area contributed by atoms with E-state index >= 15 is 0 Å². The van der Waals surface area contributed by atoms with Gasteiger partial charge in [-0.1, -0.05) is 36.4 Å². The SMILES string of the molecule is O=C(CN1C(=O)S/C(=C\c2cccs2)C1=O)NCC1CN(Cc2ccccc2)CCO1. The Morgan fingerprint density at radius 2 is 2.03 bits per heavy atom. The van der Waals surface area contributed by atoms with Crippen molar-refractivity contribution in [3.63, 3.8) is 0 Å². The lowest BCUT2D eigenvalue weighted by Crippen LogP contribution is -2.48. The highest BCUT2D eigenvalue weighted by atomic mass is 32.2. The van der Waals surface area contributed by atoms with Crippen LogP contribution in [0.1, 0.15) is 10.4 Å². The minimum absolute atomic E-state index is 0.130. The van der Waals surface area contributed by atoms with Crippen molar-refractivity contribution in [2.75, 3.05) is 32.8 Å². The van der Waals surface area contributed by atoms with Gasteiger partial charge in [0.2, 0.25) is 5.91 Å². The molecule has 2 saturated heterocycles. The van der Waals surface area contributed by atoms with Crippen molar-refractivity contribution in [2.45, 2.75) is 12.6 Å². The summed E-state index contributed by atoms with van der Waals surface area (Å²) in [6.45, 7) is 3.04. The van der Waals surface area contributed by atoms with Gasteiger partial charge < -0.3 is 10.1 Å². The molecule has 1 aromatic carbocycles. The van der Waals surface area contributed by atoms with Crippen LogP contribution < -0.4 is 5.32 Å². The molecule has 0 radical (unpaired) electrons. The summed E-state index contributed by atoms with van der Waals surface area (Å²) < 4.78 is 5.77. The van der Waals surface area contributed by atoms with Crippen LogP contribution in [-0.2, 0) is 20.9 Å². The van der Waals surface area contributed by atoms with Crippen LogP contribution in [0, 0.1) is 0 Å². The molecular weight excluding hydrogens is 434 g/mol. The van der Waals surface area contributed by atoms with E-state index in [2.05, 4.69) is 22.3 Å². The highest BCUT2D eigenvalue weighted by Gasteiger charge is 2.36. The lowest BCUT2D eigenvalue weighted by Gasteiger charge is -2.33. The smallest absolute Gasteiger partial charge is 0.294 e. The number of carbonyl (C=O) groups excluding carboxylic acids is 3. The Kier molecular flexibility index (Phi) is 7.18. The Morgan fingerprint density at radius 1 is 1.19 bits per heavy atom. The summed E-state index contributed by atoms with van der Waals surface area (Å²) in [5.74, 6) is -0.801. The third-order valence-corrected chi connectivity index (χ3v) is 6.72. The van der Waals surface area contributed by atoms with E-state index < -0.39 is 11.1 Å². The van der Waals surface area contributed by atoms with E-state index in [1.807, 2.05) is 35.7 Å². The fourth-order valence-corrected chi connectivity index (χ4v) is 5.02. The van der Waals surface area contributed by atoms with Crippen molar-refractivity contribution in [2.24, 2.45) is 0 Å². The second kappa shape index (κ2) is 10.2. The van der Waals surface area contributed by atoms with Gasteiger partial charge in [0.1, 0.15) is 6.54 Å². The second-order valence-corrected chi connectivity index (χ2v) is 9.27. The topological polar surface area (TPSA) is 79.0 Å². The Bertz CT molecular complexity index is 962. The molecule has 1 aromatic heterocycles. The monoisotopic (exact) mass is 457 g/mol. The maximum absolute atomic E-state index is 12.5. The van der Waals surface area contributed by atoms with Crippen LogP contribution in [0.15, 0.2) is 52.7 Å². The number of rotatable bonds is 7. The average molecular weight is 458 g/mol. The van der Waals surface area contributed by atoms with Crippen LogP contribution in [0.2, 0.25) is 0 Å². The van der Waals surface area contributed by atoms with Crippen LogP contribution in [0.3, 0.4) is 0 Å². The number of ether oxygens (including phenoxy) is 1. The number of amides is 3. The van der Waals surface area contributed by atoms with Crippen LogP contribution in [0.25, 0.3) is 6.08 Å². The molecule has 9 heteroatoms. The van der Waals surface area contributed by atoms with Gasteiger partial charge in [-0.3, -0.25) is 24.2 Å². The van der Waals surface area contributed by atoms with Gasteiger partial charge in [-0.2, -0.15) is 0 Å². The van der Waals surface area contributed by atoms with E-state index in [0.717, 1.165) is 34.6 Å². The lowest BCUT2D eigenvalue weighted by molar-refractivity contribution is -0.129. The summed E-state index contributed by atoms with van der Waals surface area (Å²) in [4.78, 5) is 41.6. The van der Waals surface area contributed by atoms with Crippen LogP contribution >= 0.6 is 23.1 Å². The molecule has 162 valence electrons. The third-order valence-electron chi connectivity index (χ3n) is 4.99. The molecule has 1 unspecified atom stereocenters. The van der Waals surface area contributed by atoms with E-state index in [9.17, 15) is 14.4 Å². The van der Waals surface area contributed by atoms with Crippen molar-refractivity contribution >= 4 is 46.2 Å². The van der Waals surface area contributed by atoms with Gasteiger partial charge in [0.15, 0.2) is 0 Å². The number of morpholine rings is 1. The first-order valence-corrected chi connectivity index (χ1v) is 11.7.